The normalized spacial score (nSPS) is 17.5. The van der Waals surface area contributed by atoms with E-state index in [-0.39, 0.29) is 0 Å². The van der Waals surface area contributed by atoms with Crippen LogP contribution in [0.15, 0.2) is 24.3 Å². The predicted octanol–water partition coefficient (Wildman–Crippen LogP) is 1.58. The molecule has 0 spiro atoms. The average Bonchev–Trinajstić information content (AvgIpc) is 2.40. The van der Waals surface area contributed by atoms with Gasteiger partial charge in [0.1, 0.15) is 5.75 Å². The molecule has 0 radical (unpaired) electrons. The lowest BCUT2D eigenvalue weighted by Crippen LogP contribution is -2.42. The minimum Gasteiger partial charge on any atom is -0.508 e. The Morgan fingerprint density at radius 2 is 2.06 bits per heavy atom. The fourth-order valence-corrected chi connectivity index (χ4v) is 2.34. The average molecular weight is 244 g/mol. The monoisotopic (exact) mass is 244 g/mol. The first-order valence-corrected chi connectivity index (χ1v) is 6.45. The molecule has 0 bridgehead atoms. The van der Waals surface area contributed by atoms with E-state index in [2.05, 4.69) is 16.1 Å². The maximum Gasteiger partial charge on any atom is 0.120 e. The quantitative estimate of drug-likeness (QED) is 0.789. The van der Waals surface area contributed by atoms with Crippen LogP contribution >= 0.6 is 0 Å². The van der Waals surface area contributed by atoms with E-state index >= 15 is 0 Å². The number of phenolic OH excluding ortho intramolecular Hbond substituents is 1. The third-order valence-corrected chi connectivity index (χ3v) is 3.48. The van der Waals surface area contributed by atoms with Gasteiger partial charge >= 0.3 is 0 Å². The summed E-state index contributed by atoms with van der Waals surface area (Å²) in [5.41, 5.74) is 0.962. The topological polar surface area (TPSA) is 35.5 Å². The molecule has 2 rings (SSSR count). The van der Waals surface area contributed by atoms with Gasteiger partial charge in [0.2, 0.25) is 0 Å². The van der Waals surface area contributed by atoms with E-state index in [9.17, 15) is 5.11 Å². The first kappa shape index (κ1) is 12.9. The molecule has 0 saturated carbocycles. The minimum absolute atomic E-state index is 0.370. The number of hydrogen-bond acceptors (Lipinski definition) is 3. The molecule has 1 saturated heterocycles. The summed E-state index contributed by atoms with van der Waals surface area (Å²) < 4.78 is 0. The number of nitrogens with one attached hydrogen (secondary N) is 1. The van der Waals surface area contributed by atoms with Crippen molar-refractivity contribution in [2.75, 3.05) is 19.6 Å². The fraction of sp³-hybridized carbons (Fsp3) is 0.467. The molecule has 1 aromatic rings. The molecule has 3 heteroatoms. The summed E-state index contributed by atoms with van der Waals surface area (Å²) in [5.74, 6) is 3.06. The SMILES string of the molecule is C#CCN1CCC(NCc2ccccc2O)CC1. The van der Waals surface area contributed by atoms with Crippen molar-refractivity contribution in [2.24, 2.45) is 0 Å². The van der Waals surface area contributed by atoms with Crippen LogP contribution in [0.3, 0.4) is 0 Å². The third kappa shape index (κ3) is 3.49. The van der Waals surface area contributed by atoms with Gasteiger partial charge in [-0.1, -0.05) is 24.1 Å². The van der Waals surface area contributed by atoms with Gasteiger partial charge in [-0.25, -0.2) is 0 Å². The van der Waals surface area contributed by atoms with Crippen molar-refractivity contribution < 1.29 is 5.11 Å². The number of hydrogen-bond donors (Lipinski definition) is 2. The number of aromatic hydroxyl groups is 1. The highest BCUT2D eigenvalue weighted by molar-refractivity contribution is 5.31. The van der Waals surface area contributed by atoms with Crippen LogP contribution in [0.25, 0.3) is 0 Å². The maximum absolute atomic E-state index is 9.68. The molecule has 1 aromatic carbocycles. The van der Waals surface area contributed by atoms with Gasteiger partial charge in [0.05, 0.1) is 6.54 Å². The molecule has 0 unspecified atom stereocenters. The molecule has 1 fully saturated rings. The summed E-state index contributed by atoms with van der Waals surface area (Å²) in [7, 11) is 0. The highest BCUT2D eigenvalue weighted by Gasteiger charge is 2.17. The number of phenols is 1. The Kier molecular flexibility index (Phi) is 4.63. The highest BCUT2D eigenvalue weighted by atomic mass is 16.3. The van der Waals surface area contributed by atoms with Gasteiger partial charge in [0, 0.05) is 31.2 Å². The lowest BCUT2D eigenvalue weighted by molar-refractivity contribution is 0.217. The molecule has 3 nitrogen and oxygen atoms in total. The van der Waals surface area contributed by atoms with Crippen LogP contribution in [0.2, 0.25) is 0 Å². The smallest absolute Gasteiger partial charge is 0.120 e. The van der Waals surface area contributed by atoms with Gasteiger partial charge in [-0.15, -0.1) is 6.42 Å². The van der Waals surface area contributed by atoms with Gasteiger partial charge in [0.15, 0.2) is 0 Å². The fourth-order valence-electron chi connectivity index (χ4n) is 2.34. The zero-order chi connectivity index (χ0) is 12.8. The van der Waals surface area contributed by atoms with Crippen molar-refractivity contribution in [3.8, 4) is 18.1 Å². The number of terminal acetylenes is 1. The number of likely N-dealkylation sites (tertiary alicyclic amines) is 1. The number of nitrogens with zero attached hydrogens (tertiary/aromatic N) is 1. The number of rotatable bonds is 4. The molecule has 1 aliphatic heterocycles. The Bertz CT molecular complexity index is 417. The van der Waals surface area contributed by atoms with E-state index in [4.69, 9.17) is 6.42 Å². The van der Waals surface area contributed by atoms with Crippen molar-refractivity contribution in [3.05, 3.63) is 29.8 Å². The van der Waals surface area contributed by atoms with E-state index in [0.29, 0.717) is 11.8 Å². The Balaban J connectivity index is 1.76. The van der Waals surface area contributed by atoms with Crippen LogP contribution in [0.1, 0.15) is 18.4 Å². The minimum atomic E-state index is 0.370. The summed E-state index contributed by atoms with van der Waals surface area (Å²) in [5, 5.41) is 13.2. The summed E-state index contributed by atoms with van der Waals surface area (Å²) in [6.07, 6.45) is 7.55. The second-order valence-electron chi connectivity index (χ2n) is 4.76. The molecule has 0 amide bonds. The Morgan fingerprint density at radius 3 is 2.72 bits per heavy atom. The largest absolute Gasteiger partial charge is 0.508 e. The van der Waals surface area contributed by atoms with Gasteiger partial charge in [0.25, 0.3) is 0 Å². The molecule has 1 aliphatic rings. The lowest BCUT2D eigenvalue weighted by atomic mass is 10.0. The summed E-state index contributed by atoms with van der Waals surface area (Å²) in [4.78, 5) is 2.30. The van der Waals surface area contributed by atoms with Gasteiger partial charge in [-0.05, 0) is 18.9 Å². The Labute approximate surface area is 109 Å². The van der Waals surface area contributed by atoms with E-state index in [1.165, 1.54) is 0 Å². The van der Waals surface area contributed by atoms with Gasteiger partial charge in [-0.3, -0.25) is 4.90 Å². The van der Waals surface area contributed by atoms with E-state index in [0.717, 1.165) is 44.6 Å². The van der Waals surface area contributed by atoms with Crippen molar-refractivity contribution in [1.29, 1.82) is 0 Å². The molecular weight excluding hydrogens is 224 g/mol. The second kappa shape index (κ2) is 6.44. The number of benzene rings is 1. The van der Waals surface area contributed by atoms with Crippen LogP contribution in [0.5, 0.6) is 5.75 Å². The highest BCUT2D eigenvalue weighted by Crippen LogP contribution is 2.16. The van der Waals surface area contributed by atoms with E-state index in [1.54, 1.807) is 6.07 Å². The molecule has 2 N–H and O–H groups in total. The van der Waals surface area contributed by atoms with Gasteiger partial charge < -0.3 is 10.4 Å². The zero-order valence-electron chi connectivity index (χ0n) is 10.6. The summed E-state index contributed by atoms with van der Waals surface area (Å²) in [6.45, 7) is 3.60. The summed E-state index contributed by atoms with van der Waals surface area (Å²) in [6, 6.07) is 8.00. The Morgan fingerprint density at radius 1 is 1.33 bits per heavy atom. The van der Waals surface area contributed by atoms with Crippen molar-refractivity contribution >= 4 is 0 Å². The molecule has 0 aromatic heterocycles. The second-order valence-corrected chi connectivity index (χ2v) is 4.76. The molecule has 96 valence electrons. The predicted molar refractivity (Wildman–Crippen MR) is 73.2 cm³/mol. The lowest BCUT2D eigenvalue weighted by Gasteiger charge is -2.31. The molecule has 0 atom stereocenters. The van der Waals surface area contributed by atoms with Crippen molar-refractivity contribution in [1.82, 2.24) is 10.2 Å². The van der Waals surface area contributed by atoms with Crippen LogP contribution in [-0.4, -0.2) is 35.7 Å². The maximum atomic E-state index is 9.68. The standard InChI is InChI=1S/C15H20N2O/c1-2-9-17-10-7-14(8-11-17)16-12-13-5-3-4-6-15(13)18/h1,3-6,14,16,18H,7-12H2. The van der Waals surface area contributed by atoms with E-state index < -0.39 is 0 Å². The molecule has 0 aliphatic carbocycles. The van der Waals surface area contributed by atoms with Crippen LogP contribution < -0.4 is 5.32 Å². The van der Waals surface area contributed by atoms with E-state index in [1.807, 2.05) is 18.2 Å². The van der Waals surface area contributed by atoms with Crippen molar-refractivity contribution in [3.63, 3.8) is 0 Å². The van der Waals surface area contributed by atoms with Crippen LogP contribution in [0, 0.1) is 12.3 Å². The Hall–Kier alpha value is -1.50. The first-order chi connectivity index (χ1) is 8.79. The number of piperidine rings is 1. The molecule has 1 heterocycles. The molecule has 18 heavy (non-hydrogen) atoms. The number of para-hydroxylation sites is 1. The zero-order valence-corrected chi connectivity index (χ0v) is 10.6. The molecular formula is C15H20N2O. The van der Waals surface area contributed by atoms with Gasteiger partial charge in [-0.2, -0.15) is 0 Å². The van der Waals surface area contributed by atoms with Crippen molar-refractivity contribution in [2.45, 2.75) is 25.4 Å². The first-order valence-electron chi connectivity index (χ1n) is 6.45. The third-order valence-electron chi connectivity index (χ3n) is 3.48. The van der Waals surface area contributed by atoms with Crippen LogP contribution in [0.4, 0.5) is 0 Å². The van der Waals surface area contributed by atoms with Crippen LogP contribution in [-0.2, 0) is 6.54 Å². The summed E-state index contributed by atoms with van der Waals surface area (Å²) >= 11 is 0.